The molecule has 4 nitrogen and oxygen atoms in total. The average Bonchev–Trinajstić information content (AvgIpc) is 2.80. The lowest BCUT2D eigenvalue weighted by atomic mass is 10.2. The van der Waals surface area contributed by atoms with E-state index in [0.29, 0.717) is 6.04 Å². The van der Waals surface area contributed by atoms with Gasteiger partial charge in [0.05, 0.1) is 17.4 Å². The van der Waals surface area contributed by atoms with Gasteiger partial charge in [0.1, 0.15) is 0 Å². The molecule has 1 saturated carbocycles. The fraction of sp³-hybridized carbons (Fsp3) is 0.818. The van der Waals surface area contributed by atoms with E-state index in [4.69, 9.17) is 0 Å². The SMILES string of the molecule is CCCc1c(CNC)nnn1C1CC1C. The molecule has 0 amide bonds. The van der Waals surface area contributed by atoms with Crippen LogP contribution in [0.1, 0.15) is 44.1 Å². The Balaban J connectivity index is 2.21. The molecule has 0 aliphatic heterocycles. The van der Waals surface area contributed by atoms with E-state index in [1.165, 1.54) is 12.1 Å². The Labute approximate surface area is 91.1 Å². The molecule has 1 N–H and O–H groups in total. The summed E-state index contributed by atoms with van der Waals surface area (Å²) in [7, 11) is 1.95. The van der Waals surface area contributed by atoms with E-state index in [1.54, 1.807) is 0 Å². The lowest BCUT2D eigenvalue weighted by Gasteiger charge is -2.05. The Bertz CT molecular complexity index is 331. The maximum absolute atomic E-state index is 4.29. The lowest BCUT2D eigenvalue weighted by Crippen LogP contribution is -2.10. The molecule has 2 rings (SSSR count). The smallest absolute Gasteiger partial charge is 0.0996 e. The van der Waals surface area contributed by atoms with Gasteiger partial charge in [0.25, 0.3) is 0 Å². The monoisotopic (exact) mass is 208 g/mol. The minimum absolute atomic E-state index is 0.615. The second-order valence-electron chi connectivity index (χ2n) is 4.49. The van der Waals surface area contributed by atoms with Crippen LogP contribution in [0.25, 0.3) is 0 Å². The first-order valence-electron chi connectivity index (χ1n) is 5.85. The third-order valence-electron chi connectivity index (χ3n) is 3.08. The fourth-order valence-corrected chi connectivity index (χ4v) is 2.06. The zero-order valence-corrected chi connectivity index (χ0v) is 9.82. The maximum Gasteiger partial charge on any atom is 0.0996 e. The zero-order chi connectivity index (χ0) is 10.8. The number of hydrogen-bond donors (Lipinski definition) is 1. The van der Waals surface area contributed by atoms with Crippen molar-refractivity contribution in [3.8, 4) is 0 Å². The molecular weight excluding hydrogens is 188 g/mol. The molecule has 2 unspecified atom stereocenters. The largest absolute Gasteiger partial charge is 0.314 e. The van der Waals surface area contributed by atoms with Gasteiger partial charge in [0.2, 0.25) is 0 Å². The van der Waals surface area contributed by atoms with Crippen LogP contribution in [0.3, 0.4) is 0 Å². The molecule has 1 heterocycles. The Kier molecular flexibility index (Phi) is 3.05. The third kappa shape index (κ3) is 2.04. The van der Waals surface area contributed by atoms with Crippen LogP contribution in [0.4, 0.5) is 0 Å². The van der Waals surface area contributed by atoms with Crippen LogP contribution < -0.4 is 5.32 Å². The first kappa shape index (κ1) is 10.6. The van der Waals surface area contributed by atoms with Crippen LogP contribution in [-0.4, -0.2) is 22.0 Å². The Morgan fingerprint density at radius 3 is 2.80 bits per heavy atom. The van der Waals surface area contributed by atoms with Gasteiger partial charge in [-0.15, -0.1) is 5.10 Å². The summed E-state index contributed by atoms with van der Waals surface area (Å²) in [5.41, 5.74) is 2.46. The van der Waals surface area contributed by atoms with E-state index in [1.807, 2.05) is 7.05 Å². The first-order valence-corrected chi connectivity index (χ1v) is 5.85. The minimum Gasteiger partial charge on any atom is -0.314 e. The van der Waals surface area contributed by atoms with Gasteiger partial charge in [0, 0.05) is 6.54 Å². The highest BCUT2D eigenvalue weighted by Crippen LogP contribution is 2.43. The van der Waals surface area contributed by atoms with Gasteiger partial charge >= 0.3 is 0 Å². The number of hydrogen-bond acceptors (Lipinski definition) is 3. The fourth-order valence-electron chi connectivity index (χ4n) is 2.06. The van der Waals surface area contributed by atoms with Crippen molar-refractivity contribution in [2.75, 3.05) is 7.05 Å². The van der Waals surface area contributed by atoms with Gasteiger partial charge < -0.3 is 5.32 Å². The van der Waals surface area contributed by atoms with Crippen molar-refractivity contribution in [3.63, 3.8) is 0 Å². The number of nitrogens with zero attached hydrogens (tertiary/aromatic N) is 3. The van der Waals surface area contributed by atoms with Gasteiger partial charge in [-0.25, -0.2) is 4.68 Å². The topological polar surface area (TPSA) is 42.7 Å². The van der Waals surface area contributed by atoms with E-state index < -0.39 is 0 Å². The van der Waals surface area contributed by atoms with Crippen molar-refractivity contribution in [1.29, 1.82) is 0 Å². The molecule has 15 heavy (non-hydrogen) atoms. The predicted molar refractivity (Wildman–Crippen MR) is 59.6 cm³/mol. The van der Waals surface area contributed by atoms with Crippen molar-refractivity contribution in [1.82, 2.24) is 20.3 Å². The molecule has 1 fully saturated rings. The van der Waals surface area contributed by atoms with E-state index >= 15 is 0 Å². The van der Waals surface area contributed by atoms with Crippen LogP contribution in [-0.2, 0) is 13.0 Å². The summed E-state index contributed by atoms with van der Waals surface area (Å²) in [6.07, 6.45) is 3.51. The number of aromatic nitrogens is 3. The molecule has 1 aromatic heterocycles. The molecule has 1 aliphatic carbocycles. The van der Waals surface area contributed by atoms with E-state index in [0.717, 1.165) is 31.0 Å². The van der Waals surface area contributed by atoms with Gasteiger partial charge in [-0.1, -0.05) is 25.5 Å². The molecular formula is C11H20N4. The van der Waals surface area contributed by atoms with Crippen LogP contribution >= 0.6 is 0 Å². The second-order valence-corrected chi connectivity index (χ2v) is 4.49. The molecule has 4 heteroatoms. The molecule has 2 atom stereocenters. The van der Waals surface area contributed by atoms with Crippen LogP contribution in [0, 0.1) is 5.92 Å². The zero-order valence-electron chi connectivity index (χ0n) is 9.82. The highest BCUT2D eigenvalue weighted by molar-refractivity contribution is 5.13. The molecule has 1 aliphatic rings. The number of rotatable bonds is 5. The van der Waals surface area contributed by atoms with E-state index in [-0.39, 0.29) is 0 Å². The molecule has 0 bridgehead atoms. The lowest BCUT2D eigenvalue weighted by molar-refractivity contribution is 0.552. The molecule has 0 saturated heterocycles. The second kappa shape index (κ2) is 4.31. The van der Waals surface area contributed by atoms with Gasteiger partial charge in [-0.05, 0) is 25.8 Å². The Morgan fingerprint density at radius 2 is 2.27 bits per heavy atom. The van der Waals surface area contributed by atoms with Crippen molar-refractivity contribution in [2.24, 2.45) is 5.92 Å². The summed E-state index contributed by atoms with van der Waals surface area (Å²) in [6, 6.07) is 0.615. The standard InChI is InChI=1S/C11H20N4/c1-4-5-10-9(7-12-3)13-14-15(10)11-6-8(11)2/h8,11-12H,4-7H2,1-3H3. The maximum atomic E-state index is 4.29. The first-order chi connectivity index (χ1) is 7.27. The van der Waals surface area contributed by atoms with Crippen LogP contribution in [0.5, 0.6) is 0 Å². The van der Waals surface area contributed by atoms with Crippen molar-refractivity contribution in [3.05, 3.63) is 11.4 Å². The third-order valence-corrected chi connectivity index (χ3v) is 3.08. The normalized spacial score (nSPS) is 24.5. The minimum atomic E-state index is 0.615. The van der Waals surface area contributed by atoms with E-state index in [2.05, 4.69) is 34.2 Å². The molecule has 84 valence electrons. The highest BCUT2D eigenvalue weighted by Gasteiger charge is 2.37. The van der Waals surface area contributed by atoms with Crippen LogP contribution in [0.15, 0.2) is 0 Å². The van der Waals surface area contributed by atoms with Gasteiger partial charge in [-0.2, -0.15) is 0 Å². The van der Waals surface area contributed by atoms with Crippen LogP contribution in [0.2, 0.25) is 0 Å². The summed E-state index contributed by atoms with van der Waals surface area (Å²) < 4.78 is 2.15. The van der Waals surface area contributed by atoms with Gasteiger partial charge in [0.15, 0.2) is 0 Å². The Morgan fingerprint density at radius 1 is 1.53 bits per heavy atom. The molecule has 0 radical (unpaired) electrons. The molecule has 0 aromatic carbocycles. The average molecular weight is 208 g/mol. The summed E-state index contributed by atoms with van der Waals surface area (Å²) >= 11 is 0. The van der Waals surface area contributed by atoms with Gasteiger partial charge in [-0.3, -0.25) is 0 Å². The summed E-state index contributed by atoms with van der Waals surface area (Å²) in [5, 5.41) is 11.7. The number of nitrogens with one attached hydrogen (secondary N) is 1. The highest BCUT2D eigenvalue weighted by atomic mass is 15.5. The van der Waals surface area contributed by atoms with E-state index in [9.17, 15) is 0 Å². The molecule has 0 spiro atoms. The summed E-state index contributed by atoms with van der Waals surface area (Å²) in [5.74, 6) is 0.782. The summed E-state index contributed by atoms with van der Waals surface area (Å²) in [4.78, 5) is 0. The van der Waals surface area contributed by atoms with Crippen molar-refractivity contribution >= 4 is 0 Å². The Hall–Kier alpha value is -0.900. The summed E-state index contributed by atoms with van der Waals surface area (Å²) in [6.45, 7) is 5.31. The van der Waals surface area contributed by atoms with Crippen molar-refractivity contribution < 1.29 is 0 Å². The van der Waals surface area contributed by atoms with Crippen molar-refractivity contribution in [2.45, 2.75) is 45.7 Å². The predicted octanol–water partition coefficient (Wildman–Crippen LogP) is 1.53. The quantitative estimate of drug-likeness (QED) is 0.798. The molecule has 1 aromatic rings.